The first-order chi connectivity index (χ1) is 39.5. The van der Waals surface area contributed by atoms with Gasteiger partial charge >= 0.3 is 7.82 Å². The molecular formula is C72H130N2O6P+. The summed E-state index contributed by atoms with van der Waals surface area (Å²) in [6.45, 7) is 4.70. The normalized spacial score (nSPS) is 14.4. The lowest BCUT2D eigenvalue weighted by Gasteiger charge is -2.25. The van der Waals surface area contributed by atoms with Crippen LogP contribution in [0.2, 0.25) is 0 Å². The third kappa shape index (κ3) is 64.6. The second-order valence-electron chi connectivity index (χ2n) is 23.8. The van der Waals surface area contributed by atoms with Crippen molar-refractivity contribution in [3.05, 3.63) is 109 Å². The molecule has 0 saturated heterocycles. The van der Waals surface area contributed by atoms with Gasteiger partial charge in [-0.05, 0) is 89.9 Å². The number of amides is 1. The first-order valence-corrected chi connectivity index (χ1v) is 35.3. The number of carbonyl (C=O) groups is 1. The van der Waals surface area contributed by atoms with Crippen LogP contribution in [0, 0.1) is 0 Å². The Bertz CT molecular complexity index is 1690. The molecule has 8 nitrogen and oxygen atoms in total. The molecular weight excluding hydrogens is 1020 g/mol. The molecule has 0 aromatic carbocycles. The van der Waals surface area contributed by atoms with E-state index in [1.165, 1.54) is 186 Å². The fraction of sp³-hybridized carbons (Fsp3) is 0.736. The molecule has 0 rings (SSSR count). The molecule has 0 aliphatic heterocycles. The maximum atomic E-state index is 13.0. The molecule has 0 bridgehead atoms. The van der Waals surface area contributed by atoms with Crippen molar-refractivity contribution in [3.8, 4) is 0 Å². The fourth-order valence-corrected chi connectivity index (χ4v) is 10.2. The monoisotopic (exact) mass is 1150 g/mol. The van der Waals surface area contributed by atoms with Gasteiger partial charge in [-0.3, -0.25) is 13.8 Å². The van der Waals surface area contributed by atoms with Crippen molar-refractivity contribution in [2.75, 3.05) is 40.9 Å². The zero-order valence-corrected chi connectivity index (χ0v) is 54.4. The van der Waals surface area contributed by atoms with Crippen LogP contribution in [0.4, 0.5) is 0 Å². The lowest BCUT2D eigenvalue weighted by molar-refractivity contribution is -0.870. The molecule has 0 spiro atoms. The molecule has 9 heteroatoms. The number of nitrogens with zero attached hydrogens (tertiary/aromatic N) is 1. The maximum Gasteiger partial charge on any atom is 0.472 e. The van der Waals surface area contributed by atoms with Gasteiger partial charge in [0.2, 0.25) is 5.91 Å². The van der Waals surface area contributed by atoms with Crippen molar-refractivity contribution >= 4 is 13.7 Å². The number of carbonyl (C=O) groups excluding carboxylic acids is 1. The second kappa shape index (κ2) is 61.7. The summed E-state index contributed by atoms with van der Waals surface area (Å²) in [6.07, 6.45) is 90.8. The van der Waals surface area contributed by atoms with E-state index in [2.05, 4.69) is 116 Å². The summed E-state index contributed by atoms with van der Waals surface area (Å²) in [5.74, 6) is -0.192. The summed E-state index contributed by atoms with van der Waals surface area (Å²) in [4.78, 5) is 23.4. The van der Waals surface area contributed by atoms with Crippen molar-refractivity contribution in [1.82, 2.24) is 5.32 Å². The number of phosphoric acid groups is 1. The van der Waals surface area contributed by atoms with Gasteiger partial charge < -0.3 is 19.8 Å². The van der Waals surface area contributed by atoms with Crippen LogP contribution in [0.3, 0.4) is 0 Å². The van der Waals surface area contributed by atoms with Crippen molar-refractivity contribution in [1.29, 1.82) is 0 Å². The second-order valence-corrected chi connectivity index (χ2v) is 25.3. The van der Waals surface area contributed by atoms with Crippen LogP contribution >= 0.6 is 7.82 Å². The number of nitrogens with one attached hydrogen (secondary N) is 1. The number of rotatable bonds is 61. The molecule has 3 unspecified atom stereocenters. The van der Waals surface area contributed by atoms with Crippen molar-refractivity contribution < 1.29 is 32.9 Å². The minimum Gasteiger partial charge on any atom is -0.387 e. The maximum absolute atomic E-state index is 13.0. The molecule has 1 amide bonds. The topological polar surface area (TPSA) is 105 Å². The van der Waals surface area contributed by atoms with Gasteiger partial charge in [0.25, 0.3) is 0 Å². The van der Waals surface area contributed by atoms with E-state index in [1.54, 1.807) is 6.08 Å². The minimum absolute atomic E-state index is 0.0512. The van der Waals surface area contributed by atoms with Crippen molar-refractivity contribution in [2.45, 2.75) is 302 Å². The van der Waals surface area contributed by atoms with Crippen LogP contribution < -0.4 is 5.32 Å². The number of quaternary nitrogens is 1. The Labute approximate surface area is 501 Å². The smallest absolute Gasteiger partial charge is 0.387 e. The highest BCUT2D eigenvalue weighted by atomic mass is 31.2. The number of allylic oxidation sites excluding steroid dienone is 17. The van der Waals surface area contributed by atoms with E-state index in [4.69, 9.17) is 9.05 Å². The number of aliphatic hydroxyl groups excluding tert-OH is 1. The molecule has 81 heavy (non-hydrogen) atoms. The first kappa shape index (κ1) is 78.2. The van der Waals surface area contributed by atoms with E-state index < -0.39 is 20.0 Å². The SMILES string of the molecule is CC/C=C\C/C=C\C/C=C\C/C=C\C/C=C\C/C=C\C/C=C\CCCCCCCCCCCCCC(=O)NC(COP(=O)(O)OCC[N+](C)(C)C)C(O)/C=C/CC/C=C/CCCCCCCCCCCCCCCCCCCCCC. The fourth-order valence-electron chi connectivity index (χ4n) is 9.51. The third-order valence-corrected chi connectivity index (χ3v) is 15.7. The molecule has 0 aliphatic carbocycles. The van der Waals surface area contributed by atoms with Crippen LogP contribution in [-0.4, -0.2) is 73.4 Å². The van der Waals surface area contributed by atoms with Gasteiger partial charge in [-0.1, -0.05) is 303 Å². The molecule has 0 aromatic heterocycles. The van der Waals surface area contributed by atoms with E-state index in [-0.39, 0.29) is 19.1 Å². The standard InChI is InChI=1S/C72H129N2O6P/c1-6-8-10-12-14-16-18-20-22-24-26-28-30-32-34-35-36-37-38-39-40-42-44-46-48-50-52-54-56-58-60-62-64-66-72(76)73-70(69-80-81(77,78)79-68-67-74(3,4)5)71(75)65-63-61-59-57-55-53-51-49-47-45-43-41-33-31-29-27-25-23-21-19-17-15-13-11-9-7-2/h8,10,14,16,20,22,26,28,32,34,36-37,39-40,55,57,63,65,70-71,75H,6-7,9,11-13,15,17-19,21,23-25,27,29-31,33,35,38,41-54,56,58-62,64,66-69H2,1-5H3,(H-,73,76,77,78)/p+1/b10-8-,16-14-,22-20-,28-26-,34-32-,37-36-,40-39-,57-55+,65-63+. The van der Waals surface area contributed by atoms with Gasteiger partial charge in [-0.25, -0.2) is 4.57 Å². The van der Waals surface area contributed by atoms with E-state index in [0.717, 1.165) is 83.5 Å². The number of hydrogen-bond donors (Lipinski definition) is 3. The van der Waals surface area contributed by atoms with Crippen LogP contribution in [0.5, 0.6) is 0 Å². The summed E-state index contributed by atoms with van der Waals surface area (Å²) in [7, 11) is 1.55. The van der Waals surface area contributed by atoms with Crippen LogP contribution in [-0.2, 0) is 18.4 Å². The number of unbranched alkanes of at least 4 members (excludes halogenated alkanes) is 32. The van der Waals surface area contributed by atoms with Crippen LogP contribution in [0.1, 0.15) is 290 Å². The highest BCUT2D eigenvalue weighted by Gasteiger charge is 2.28. The zero-order valence-electron chi connectivity index (χ0n) is 53.5. The molecule has 0 aliphatic rings. The first-order valence-electron chi connectivity index (χ1n) is 33.8. The zero-order chi connectivity index (χ0) is 59.1. The largest absolute Gasteiger partial charge is 0.472 e. The molecule has 3 atom stereocenters. The van der Waals surface area contributed by atoms with Crippen molar-refractivity contribution in [2.24, 2.45) is 0 Å². The van der Waals surface area contributed by atoms with E-state index in [1.807, 2.05) is 27.2 Å². The summed E-state index contributed by atoms with van der Waals surface area (Å²) >= 11 is 0. The molecule has 0 heterocycles. The number of phosphoric ester groups is 1. The summed E-state index contributed by atoms with van der Waals surface area (Å²) in [5, 5.41) is 14.0. The summed E-state index contributed by atoms with van der Waals surface area (Å²) in [6, 6.07) is -0.874. The van der Waals surface area contributed by atoms with Crippen LogP contribution in [0.15, 0.2) is 109 Å². The highest BCUT2D eigenvalue weighted by Crippen LogP contribution is 2.43. The van der Waals surface area contributed by atoms with Gasteiger partial charge in [0, 0.05) is 6.42 Å². The molecule has 468 valence electrons. The summed E-state index contributed by atoms with van der Waals surface area (Å²) in [5.41, 5.74) is 0. The number of likely N-dealkylation sites (N-methyl/N-ethyl adjacent to an activating group) is 1. The Morgan fingerprint density at radius 2 is 0.753 bits per heavy atom. The van der Waals surface area contributed by atoms with Crippen molar-refractivity contribution in [3.63, 3.8) is 0 Å². The van der Waals surface area contributed by atoms with Gasteiger partial charge in [-0.2, -0.15) is 0 Å². The third-order valence-electron chi connectivity index (χ3n) is 14.7. The minimum atomic E-state index is -4.37. The van der Waals surface area contributed by atoms with Crippen LogP contribution in [0.25, 0.3) is 0 Å². The Balaban J connectivity index is 4.17. The van der Waals surface area contributed by atoms with E-state index in [9.17, 15) is 19.4 Å². The average molecular weight is 1150 g/mol. The summed E-state index contributed by atoms with van der Waals surface area (Å²) < 4.78 is 23.8. The lowest BCUT2D eigenvalue weighted by atomic mass is 10.0. The lowest BCUT2D eigenvalue weighted by Crippen LogP contribution is -2.45. The molecule has 0 radical (unpaired) electrons. The van der Waals surface area contributed by atoms with Gasteiger partial charge in [-0.15, -0.1) is 0 Å². The Morgan fingerprint density at radius 1 is 0.432 bits per heavy atom. The molecule has 0 saturated carbocycles. The predicted octanol–water partition coefficient (Wildman–Crippen LogP) is 21.5. The Morgan fingerprint density at radius 3 is 1.14 bits per heavy atom. The quantitative estimate of drug-likeness (QED) is 0.0243. The highest BCUT2D eigenvalue weighted by molar-refractivity contribution is 7.47. The van der Waals surface area contributed by atoms with E-state index >= 15 is 0 Å². The van der Waals surface area contributed by atoms with Gasteiger partial charge in [0.05, 0.1) is 39.9 Å². The van der Waals surface area contributed by atoms with Gasteiger partial charge in [0.1, 0.15) is 13.2 Å². The van der Waals surface area contributed by atoms with Gasteiger partial charge in [0.15, 0.2) is 0 Å². The van der Waals surface area contributed by atoms with E-state index in [0.29, 0.717) is 17.4 Å². The Kier molecular flexibility index (Phi) is 59.5. The number of hydrogen-bond acceptors (Lipinski definition) is 5. The Hall–Kier alpha value is -2.84. The molecule has 0 aromatic rings. The average Bonchev–Trinajstić information content (AvgIpc) is 3.43. The molecule has 0 fully saturated rings. The number of aliphatic hydroxyl groups is 1. The molecule has 3 N–H and O–H groups in total. The predicted molar refractivity (Wildman–Crippen MR) is 355 cm³/mol.